The van der Waals surface area contributed by atoms with Crippen LogP contribution in [-0.2, 0) is 25.7 Å². The molecule has 4 N–H and O–H groups in total. The maximum absolute atomic E-state index is 12.0. The minimum Gasteiger partial charge on any atom is -0.480 e. The fourth-order valence-corrected chi connectivity index (χ4v) is 3.24. The first-order valence-corrected chi connectivity index (χ1v) is 11.3. The van der Waals surface area contributed by atoms with Crippen LogP contribution in [0.4, 0.5) is 4.79 Å². The first-order chi connectivity index (χ1) is 16.8. The van der Waals surface area contributed by atoms with Gasteiger partial charge >= 0.3 is 23.7 Å². The van der Waals surface area contributed by atoms with Gasteiger partial charge < -0.3 is 25.2 Å². The van der Waals surface area contributed by atoms with Gasteiger partial charge in [0, 0.05) is 24.8 Å². The molecule has 1 aromatic carbocycles. The van der Waals surface area contributed by atoms with Gasteiger partial charge in [0.25, 0.3) is 5.56 Å². The third-order valence-corrected chi connectivity index (χ3v) is 5.10. The van der Waals surface area contributed by atoms with Gasteiger partial charge in [0.15, 0.2) is 0 Å². The van der Waals surface area contributed by atoms with E-state index in [1.807, 2.05) is 26.8 Å². The topological polar surface area (TPSA) is 174 Å². The molecule has 1 aromatic heterocycles. The van der Waals surface area contributed by atoms with Crippen LogP contribution >= 0.6 is 0 Å². The Bertz CT molecular complexity index is 1180. The van der Waals surface area contributed by atoms with Crippen LogP contribution in [-0.4, -0.2) is 62.3 Å². The number of aliphatic carboxylic acids is 1. The maximum Gasteiger partial charge on any atom is 0.410 e. The molecule has 1 unspecified atom stereocenters. The Kier molecular flexibility index (Phi) is 9.56. The molecule has 0 saturated carbocycles. The number of likely N-dealkylation sites (tertiary alicyclic amines) is 1. The third-order valence-electron chi connectivity index (χ3n) is 5.10. The lowest BCUT2D eigenvalue weighted by molar-refractivity contribution is -0.154. The number of hydrogen-bond acceptors (Lipinski definition) is 8. The molecular formula is C24H32N4O8. The monoisotopic (exact) mass is 504 g/mol. The molecular weight excluding hydrogens is 472 g/mol. The van der Waals surface area contributed by atoms with Crippen LogP contribution < -0.4 is 17.0 Å². The summed E-state index contributed by atoms with van der Waals surface area (Å²) in [6.07, 6.45) is 1.83. The Morgan fingerprint density at radius 2 is 1.83 bits per heavy atom. The van der Waals surface area contributed by atoms with Gasteiger partial charge in [0.05, 0.1) is 6.04 Å². The number of carbonyl (C=O) groups is 3. The Hall–Kier alpha value is -3.93. The number of aryl methyl sites for hydroxylation is 1. The van der Waals surface area contributed by atoms with Crippen LogP contribution in [0.2, 0.25) is 0 Å². The lowest BCUT2D eigenvalue weighted by atomic mass is 10.2. The normalized spacial score (nSPS) is 15.9. The van der Waals surface area contributed by atoms with Gasteiger partial charge in [-0.3, -0.25) is 14.3 Å². The number of benzene rings is 1. The van der Waals surface area contributed by atoms with Crippen molar-refractivity contribution in [1.29, 1.82) is 0 Å². The van der Waals surface area contributed by atoms with Crippen LogP contribution in [0.15, 0.2) is 46.1 Å². The summed E-state index contributed by atoms with van der Waals surface area (Å²) < 4.78 is 11.5. The number of carboxylic acid groups (broad SMARTS) is 1. The Labute approximate surface area is 207 Å². The fraction of sp³-hybridized carbons (Fsp3) is 0.458. The summed E-state index contributed by atoms with van der Waals surface area (Å²) in [5.41, 5.74) is 4.95. The van der Waals surface area contributed by atoms with Gasteiger partial charge in [0.1, 0.15) is 12.2 Å². The van der Waals surface area contributed by atoms with E-state index in [9.17, 15) is 24.0 Å². The fourth-order valence-electron chi connectivity index (χ4n) is 3.24. The van der Waals surface area contributed by atoms with Gasteiger partial charge in [-0.2, -0.15) is 0 Å². The summed E-state index contributed by atoms with van der Waals surface area (Å²) >= 11 is 0. The molecule has 2 aromatic rings. The lowest BCUT2D eigenvalue weighted by Gasteiger charge is -2.24. The van der Waals surface area contributed by atoms with Crippen molar-refractivity contribution in [3.63, 3.8) is 0 Å². The van der Waals surface area contributed by atoms with E-state index in [0.717, 1.165) is 5.56 Å². The number of rotatable bonds is 5. The zero-order valence-corrected chi connectivity index (χ0v) is 20.7. The largest absolute Gasteiger partial charge is 0.480 e. The maximum atomic E-state index is 12.0. The zero-order chi connectivity index (χ0) is 27.0. The minimum atomic E-state index is -1.62. The lowest BCUT2D eigenvalue weighted by Crippen LogP contribution is -2.39. The van der Waals surface area contributed by atoms with Crippen molar-refractivity contribution in [1.82, 2.24) is 14.5 Å². The quantitative estimate of drug-likeness (QED) is 0.399. The molecule has 0 spiro atoms. The molecule has 2 atom stereocenters. The first kappa shape index (κ1) is 28.3. The number of carboxylic acids is 1. The molecule has 0 bridgehead atoms. The number of nitrogens with one attached hydrogen (secondary N) is 1. The second-order valence-electron chi connectivity index (χ2n) is 9.26. The number of nitrogens with two attached hydrogens (primary N) is 1. The molecule has 12 nitrogen and oxygen atoms in total. The highest BCUT2D eigenvalue weighted by Gasteiger charge is 2.31. The Morgan fingerprint density at radius 1 is 1.19 bits per heavy atom. The molecule has 1 saturated heterocycles. The predicted molar refractivity (Wildman–Crippen MR) is 129 cm³/mol. The Morgan fingerprint density at radius 3 is 2.42 bits per heavy atom. The van der Waals surface area contributed by atoms with Crippen molar-refractivity contribution < 1.29 is 29.0 Å². The number of H-pyrrole nitrogens is 1. The van der Waals surface area contributed by atoms with E-state index in [1.165, 1.54) is 4.57 Å². The molecule has 0 radical (unpaired) electrons. The minimum absolute atomic E-state index is 0.0284. The molecule has 3 rings (SSSR count). The summed E-state index contributed by atoms with van der Waals surface area (Å²) in [4.78, 5) is 60.5. The molecule has 1 fully saturated rings. The number of carbonyl (C=O) groups excluding carboxylic acids is 2. The van der Waals surface area contributed by atoms with E-state index in [-0.39, 0.29) is 24.3 Å². The van der Waals surface area contributed by atoms with E-state index in [4.69, 9.17) is 20.3 Å². The van der Waals surface area contributed by atoms with E-state index in [0.29, 0.717) is 25.1 Å². The summed E-state index contributed by atoms with van der Waals surface area (Å²) in [5, 5.41) is 8.42. The van der Waals surface area contributed by atoms with E-state index in [1.54, 1.807) is 42.3 Å². The van der Waals surface area contributed by atoms with E-state index in [2.05, 4.69) is 4.98 Å². The average molecular weight is 505 g/mol. The summed E-state index contributed by atoms with van der Waals surface area (Å²) in [6, 6.07) is 7.18. The molecule has 0 aliphatic carbocycles. The highest BCUT2D eigenvalue weighted by atomic mass is 16.6. The summed E-state index contributed by atoms with van der Waals surface area (Å²) in [5.74, 6) is -2.33. The summed E-state index contributed by atoms with van der Waals surface area (Å²) in [6.45, 7) is 8.05. The van der Waals surface area contributed by atoms with Gasteiger partial charge in [0.2, 0.25) is 6.04 Å². The molecule has 2 heterocycles. The molecule has 36 heavy (non-hydrogen) atoms. The van der Waals surface area contributed by atoms with Gasteiger partial charge in [-0.25, -0.2) is 19.2 Å². The van der Waals surface area contributed by atoms with Gasteiger partial charge in [-0.1, -0.05) is 30.3 Å². The van der Waals surface area contributed by atoms with E-state index < -0.39 is 29.3 Å². The number of ether oxygens (including phenoxy) is 2. The molecule has 1 aliphatic heterocycles. The van der Waals surface area contributed by atoms with Crippen molar-refractivity contribution in [3.05, 3.63) is 68.5 Å². The van der Waals surface area contributed by atoms with Gasteiger partial charge in [-0.05, 0) is 39.7 Å². The standard InChI is InChI=1S/C14H21N3O4.C10H11NO4/c1-9-7-17(12(19)15-11(9)18)10-5-6-16(8-10)13(20)21-14(2,3)4;11-8(9(12)13)10(14)15-6-7-4-2-1-3-5-7/h7,10H,5-6,8H2,1-4H3,(H,15,18,19);1-5,8H,6,11H2,(H,12,13)/t10-;/m0./s1. The van der Waals surface area contributed by atoms with Crippen molar-refractivity contribution in [2.75, 3.05) is 13.1 Å². The summed E-state index contributed by atoms with van der Waals surface area (Å²) in [7, 11) is 0. The highest BCUT2D eigenvalue weighted by molar-refractivity contribution is 5.97. The van der Waals surface area contributed by atoms with Crippen molar-refractivity contribution in [3.8, 4) is 0 Å². The van der Waals surface area contributed by atoms with Crippen LogP contribution in [0, 0.1) is 6.92 Å². The molecule has 196 valence electrons. The van der Waals surface area contributed by atoms with Gasteiger partial charge in [-0.15, -0.1) is 0 Å². The van der Waals surface area contributed by atoms with Crippen molar-refractivity contribution >= 4 is 18.0 Å². The number of aromatic amines is 1. The average Bonchev–Trinajstić information content (AvgIpc) is 3.29. The van der Waals surface area contributed by atoms with Crippen LogP contribution in [0.3, 0.4) is 0 Å². The van der Waals surface area contributed by atoms with Crippen LogP contribution in [0.5, 0.6) is 0 Å². The van der Waals surface area contributed by atoms with Crippen LogP contribution in [0.1, 0.15) is 44.4 Å². The SMILES string of the molecule is Cc1cn([C@H]2CCN(C(=O)OC(C)(C)C)C2)c(=O)[nH]c1=O.NC(C(=O)O)C(=O)OCc1ccccc1. The predicted octanol–water partition coefficient (Wildman–Crippen LogP) is 1.17. The van der Waals surface area contributed by atoms with Crippen molar-refractivity contribution in [2.24, 2.45) is 5.73 Å². The smallest absolute Gasteiger partial charge is 0.410 e. The second kappa shape index (κ2) is 12.2. The highest BCUT2D eigenvalue weighted by Crippen LogP contribution is 2.22. The number of hydrogen-bond donors (Lipinski definition) is 3. The molecule has 12 heteroatoms. The molecule has 1 aliphatic rings. The van der Waals surface area contributed by atoms with Crippen LogP contribution in [0.25, 0.3) is 0 Å². The van der Waals surface area contributed by atoms with E-state index >= 15 is 0 Å². The number of amides is 1. The second-order valence-corrected chi connectivity index (χ2v) is 9.26. The van der Waals surface area contributed by atoms with Crippen molar-refractivity contribution in [2.45, 2.75) is 58.4 Å². The number of nitrogens with zero attached hydrogens (tertiary/aromatic N) is 2. The zero-order valence-electron chi connectivity index (χ0n) is 20.7. The number of esters is 1. The number of aromatic nitrogens is 2. The Balaban J connectivity index is 0.000000269. The third kappa shape index (κ3) is 8.38. The molecule has 1 amide bonds. The first-order valence-electron chi connectivity index (χ1n) is 11.3.